The maximum Gasteiger partial charge on any atom is 0.411 e. The Morgan fingerprint density at radius 3 is 1.14 bits per heavy atom. The lowest BCUT2D eigenvalue weighted by Crippen LogP contribution is -2.31. The molecule has 37 heteroatoms. The van der Waals surface area contributed by atoms with Gasteiger partial charge in [0, 0.05) is 163 Å². The van der Waals surface area contributed by atoms with Crippen LogP contribution in [0.3, 0.4) is 0 Å². The molecule has 2 saturated heterocycles. The summed E-state index contributed by atoms with van der Waals surface area (Å²) in [5.41, 5.74) is 19.3. The van der Waals surface area contributed by atoms with Crippen molar-refractivity contribution in [3.05, 3.63) is 240 Å². The maximum atomic E-state index is 12.4. The molecule has 0 spiro atoms. The van der Waals surface area contributed by atoms with Crippen LogP contribution in [-0.4, -0.2) is 158 Å². The first-order chi connectivity index (χ1) is 72.0. The molecule has 5 aromatic heterocycles. The summed E-state index contributed by atoms with van der Waals surface area (Å²) in [6.07, 6.45) is 9.70. The lowest BCUT2D eigenvalue weighted by Gasteiger charge is -2.19. The summed E-state index contributed by atoms with van der Waals surface area (Å²) < 4.78 is 132. The Kier molecular flexibility index (Phi) is 34.5. The fraction of sp³-hybridized carbons (Fsp3) is 0.312. The number of hydrogen-bond acceptors (Lipinski definition) is 20. The summed E-state index contributed by atoms with van der Waals surface area (Å²) in [4.78, 5) is 24.2. The van der Waals surface area contributed by atoms with Crippen LogP contribution in [0.2, 0.25) is 0 Å². The number of benzene rings is 10. The van der Waals surface area contributed by atoms with E-state index in [-0.39, 0.29) is 18.5 Å². The molecule has 0 unspecified atom stereocenters. The quantitative estimate of drug-likeness (QED) is 0.0225. The van der Waals surface area contributed by atoms with Crippen LogP contribution in [0.25, 0.3) is 111 Å². The Bertz CT molecular complexity index is 8070. The standard InChI is InChI=1S/C26H29N3O3.C25H27N3O3.C21H22N4O3S.C20H21ClN4O3S.C20H20N4O3S/c1-3-4-14-32-26(30)28-19-9-7-8-18(15-19)25-23(17-27)22-13-12-21(31-2)16-24(22)29(25)20-10-5-6-11-20;1-16(2)31-25(29)27-18-8-6-7-17(13-18)24-22(15-26)21-12-11-20(30-3)14-23(21)28(24)19-9-4-5-10-19;1-4-24-20-13-17(28-3)9-10-18(20)19(14-22)21(24)15-5-7-16(8-6-15)25-12-11-23(2)29(25,26)27;1-3-25-19-12-16(28-2)8-9-17(19)18(13-22)20(25)14-4-6-15(7-5-14)24-29(26,27)23-11-10-21;1-3-23-19-12-16(27-2)8-9-17(19)18(13-21)20(23)14-4-6-15(7-5-14)24-11-10-22-28(24,25)26/h7-9,12-13,15-16,20H,3-6,10-11,14H2,1-2H3,(H,28,30);6-8,11-14,16,19H,4-5,9-10H2,1-3H3,(H,27,29);5-10,13H,4,11-12H2,1-3H3;4-9,12,23-24H,3,10-11H2,1-2H3;4-9,12,22H,3,10-11H2,1-2H3. The van der Waals surface area contributed by atoms with Crippen molar-refractivity contribution in [2.45, 2.75) is 144 Å². The number of hydrogen-bond donors (Lipinski definition) is 5. The largest absolute Gasteiger partial charge is 0.497 e. The monoisotopic (exact) mass is 2090 g/mol. The van der Waals surface area contributed by atoms with Crippen molar-refractivity contribution in [2.75, 3.05) is 112 Å². The minimum Gasteiger partial charge on any atom is -0.497 e. The molecular weight excluding hydrogens is 1970 g/mol. The zero-order valence-electron chi connectivity index (χ0n) is 85.1. The molecule has 149 heavy (non-hydrogen) atoms. The van der Waals surface area contributed by atoms with Crippen LogP contribution in [0.15, 0.2) is 212 Å². The lowest BCUT2D eigenvalue weighted by molar-refractivity contribution is 0.130. The number of halogens is 1. The molecule has 19 rings (SSSR count). The Hall–Kier alpha value is -15.7. The molecule has 33 nitrogen and oxygen atoms in total. The number of anilines is 5. The molecule has 10 aromatic carbocycles. The van der Waals surface area contributed by atoms with Gasteiger partial charge in [0.15, 0.2) is 0 Å². The van der Waals surface area contributed by atoms with Crippen LogP contribution in [0, 0.1) is 56.7 Å². The van der Waals surface area contributed by atoms with Crippen molar-refractivity contribution in [3.8, 4) is 115 Å². The van der Waals surface area contributed by atoms with Crippen LogP contribution < -0.4 is 57.1 Å². The third kappa shape index (κ3) is 23.0. The van der Waals surface area contributed by atoms with Gasteiger partial charge >= 0.3 is 32.6 Å². The Labute approximate surface area is 873 Å². The van der Waals surface area contributed by atoms with Crippen LogP contribution in [-0.2, 0) is 59.7 Å². The number of nitriles is 5. The summed E-state index contributed by atoms with van der Waals surface area (Å²) in [6, 6.07) is 78.0. The lowest BCUT2D eigenvalue weighted by atomic mass is 10.0. The minimum atomic E-state index is -3.68. The van der Waals surface area contributed by atoms with E-state index in [9.17, 15) is 61.2 Å². The number of rotatable bonds is 28. The van der Waals surface area contributed by atoms with E-state index in [0.29, 0.717) is 121 Å². The number of carbonyl (C=O) groups is 2. The van der Waals surface area contributed by atoms with Gasteiger partial charge in [0.1, 0.15) is 59.1 Å². The fourth-order valence-electron chi connectivity index (χ4n) is 19.9. The predicted molar refractivity (Wildman–Crippen MR) is 585 cm³/mol. The third-order valence-corrected chi connectivity index (χ3v) is 31.5. The zero-order chi connectivity index (χ0) is 106. The molecule has 2 amide bonds. The van der Waals surface area contributed by atoms with E-state index in [0.717, 1.165) is 178 Å². The Balaban J connectivity index is 0.000000139. The van der Waals surface area contributed by atoms with Crippen molar-refractivity contribution in [3.63, 3.8) is 0 Å². The average molecular weight is 2090 g/mol. The average Bonchev–Trinajstić information content (AvgIpc) is 1.61. The molecule has 0 atom stereocenters. The van der Waals surface area contributed by atoms with Gasteiger partial charge in [-0.15, -0.1) is 11.6 Å². The van der Waals surface area contributed by atoms with Crippen molar-refractivity contribution < 1.29 is 68.0 Å². The SMILES string of the molecule is CCCCOC(=O)Nc1cccc(-c2c(C#N)c3ccc(OC)cc3n2C2CCCC2)c1.CCn1c(-c2ccc(N3CCN(C)S3(=O)=O)cc2)c(C#N)c2ccc(OC)cc21.CCn1c(-c2ccc(N3CCNS3(=O)=O)cc2)c(C#N)c2ccc(OC)cc21.CCn1c(-c2ccc(NS(=O)(=O)NCCCl)cc2)c(C#N)c2ccc(OC)cc21.COc1ccc2c(C#N)c(-c3cccc(NC(=O)OC(C)C)c3)n(C3CCCC3)c2c1. The number of amides is 2. The first-order valence-electron chi connectivity index (χ1n) is 49.4. The number of nitrogens with zero attached hydrogens (tertiary/aromatic N) is 13. The summed E-state index contributed by atoms with van der Waals surface area (Å²) >= 11 is 5.52. The van der Waals surface area contributed by atoms with Gasteiger partial charge < -0.3 is 56.0 Å². The van der Waals surface area contributed by atoms with E-state index in [1.165, 1.54) is 38.6 Å². The van der Waals surface area contributed by atoms with E-state index in [2.05, 4.69) is 84.9 Å². The van der Waals surface area contributed by atoms with Gasteiger partial charge in [-0.25, -0.2) is 9.59 Å². The highest BCUT2D eigenvalue weighted by atomic mass is 35.5. The van der Waals surface area contributed by atoms with E-state index in [4.69, 9.17) is 44.8 Å². The molecule has 5 N–H and O–H groups in total. The van der Waals surface area contributed by atoms with Gasteiger partial charge in [0.05, 0.1) is 144 Å². The fourth-order valence-corrected chi connectivity index (χ4v) is 23.6. The number of carbonyl (C=O) groups excluding carboxylic acids is 2. The number of aromatic nitrogens is 5. The molecule has 0 bridgehead atoms. The minimum absolute atomic E-state index is 0.139. The smallest absolute Gasteiger partial charge is 0.411 e. The molecular formula is C112H119ClN18O15S3. The molecule has 4 aliphatic rings. The van der Waals surface area contributed by atoms with Crippen LogP contribution in [0.5, 0.6) is 28.7 Å². The summed E-state index contributed by atoms with van der Waals surface area (Å²) in [7, 11) is -0.863. The summed E-state index contributed by atoms with van der Waals surface area (Å²) in [5, 5.41) is 59.7. The number of nitrogens with one attached hydrogen (secondary N) is 5. The second-order valence-electron chi connectivity index (χ2n) is 36.0. The number of alkyl halides is 1. The molecule has 15 aromatic rings. The Morgan fingerprint density at radius 2 is 0.805 bits per heavy atom. The van der Waals surface area contributed by atoms with E-state index >= 15 is 0 Å². The number of fused-ring (bicyclic) bond motifs is 5. The second-order valence-corrected chi connectivity index (χ2v) is 41.5. The highest BCUT2D eigenvalue weighted by molar-refractivity contribution is 7.91. The maximum absolute atomic E-state index is 12.4. The van der Waals surface area contributed by atoms with Gasteiger partial charge in [-0.2, -0.15) is 65.3 Å². The molecule has 7 heterocycles. The summed E-state index contributed by atoms with van der Waals surface area (Å²) in [6.45, 7) is 16.0. The van der Waals surface area contributed by atoms with E-state index < -0.39 is 42.8 Å². The molecule has 772 valence electrons. The molecule has 0 radical (unpaired) electrons. The molecule has 4 fully saturated rings. The van der Waals surface area contributed by atoms with Crippen molar-refractivity contribution in [2.24, 2.45) is 0 Å². The van der Waals surface area contributed by atoms with Gasteiger partial charge in [-0.3, -0.25) is 24.0 Å². The van der Waals surface area contributed by atoms with Gasteiger partial charge in [-0.05, 0) is 205 Å². The van der Waals surface area contributed by atoms with Gasteiger partial charge in [-0.1, -0.05) is 99.7 Å². The zero-order valence-corrected chi connectivity index (χ0v) is 88.3. The normalized spacial score (nSPS) is 14.2. The van der Waals surface area contributed by atoms with Crippen LogP contribution in [0.4, 0.5) is 38.0 Å². The third-order valence-electron chi connectivity index (χ3n) is 26.8. The van der Waals surface area contributed by atoms with E-state index in [1.54, 1.807) is 91.1 Å². The number of methoxy groups -OCH3 is 5. The number of likely N-dealkylation sites (N-methyl/N-ethyl adjacent to an activating group) is 1. The highest BCUT2D eigenvalue weighted by Gasteiger charge is 2.36. The molecule has 2 aliphatic heterocycles. The highest BCUT2D eigenvalue weighted by Crippen LogP contribution is 2.48. The first kappa shape index (κ1) is 108. The second kappa shape index (κ2) is 47.9. The van der Waals surface area contributed by atoms with Crippen molar-refractivity contribution in [1.29, 1.82) is 26.3 Å². The van der Waals surface area contributed by atoms with Crippen LogP contribution >= 0.6 is 11.6 Å². The Morgan fingerprint density at radius 1 is 0.443 bits per heavy atom. The number of ether oxygens (including phenoxy) is 7. The van der Waals surface area contributed by atoms with E-state index in [1.807, 2.05) is 198 Å². The van der Waals surface area contributed by atoms with Crippen molar-refractivity contribution in [1.82, 2.24) is 36.6 Å². The molecule has 2 saturated carbocycles. The first-order valence-corrected chi connectivity index (χ1v) is 54.2. The van der Waals surface area contributed by atoms with Crippen LogP contribution in [0.1, 0.15) is 146 Å². The van der Waals surface area contributed by atoms with Gasteiger partial charge in [0.2, 0.25) is 0 Å². The number of aryl methyl sites for hydroxylation is 3. The molecule has 2 aliphatic carbocycles. The summed E-state index contributed by atoms with van der Waals surface area (Å²) in [5.74, 6) is 3.92. The van der Waals surface area contributed by atoms with Crippen molar-refractivity contribution >= 4 is 137 Å². The number of unbranched alkanes of at least 4 members (excludes halogenated alkanes) is 1. The topological polar surface area (TPSA) is 415 Å². The predicted octanol–water partition coefficient (Wildman–Crippen LogP) is 22.7. The van der Waals surface area contributed by atoms with Gasteiger partial charge in [0.25, 0.3) is 10.2 Å².